The molecule has 114 valence electrons. The standard InChI is InChI=1S/C18H21N3O/c1-12-5-6-15-9-13(2)17(16(15)8-12)21-18(22)20-11-14-4-3-7-19-10-14/h3-8,10,13,17H,9,11H2,1-2H3,(H2,20,21,22)/t13-,17-/m1/s1. The van der Waals surface area contributed by atoms with Gasteiger partial charge in [-0.3, -0.25) is 4.98 Å². The van der Waals surface area contributed by atoms with Crippen LogP contribution in [0.15, 0.2) is 42.7 Å². The van der Waals surface area contributed by atoms with Gasteiger partial charge in [0.2, 0.25) is 0 Å². The van der Waals surface area contributed by atoms with Crippen LogP contribution < -0.4 is 10.6 Å². The van der Waals surface area contributed by atoms with Crippen LogP contribution in [0, 0.1) is 12.8 Å². The Morgan fingerprint density at radius 1 is 1.36 bits per heavy atom. The molecule has 0 aliphatic heterocycles. The molecule has 22 heavy (non-hydrogen) atoms. The highest BCUT2D eigenvalue weighted by atomic mass is 16.2. The van der Waals surface area contributed by atoms with E-state index in [0.29, 0.717) is 12.5 Å². The lowest BCUT2D eigenvalue weighted by Crippen LogP contribution is -2.38. The highest BCUT2D eigenvalue weighted by molar-refractivity contribution is 5.74. The first-order chi connectivity index (χ1) is 10.6. The Bertz CT molecular complexity index is 669. The van der Waals surface area contributed by atoms with Gasteiger partial charge < -0.3 is 10.6 Å². The van der Waals surface area contributed by atoms with Gasteiger partial charge in [-0.05, 0) is 42.0 Å². The summed E-state index contributed by atoms with van der Waals surface area (Å²) in [6, 6.07) is 10.3. The van der Waals surface area contributed by atoms with Gasteiger partial charge in [-0.15, -0.1) is 0 Å². The molecule has 2 aromatic rings. The molecule has 2 amide bonds. The summed E-state index contributed by atoms with van der Waals surface area (Å²) in [5.41, 5.74) is 4.82. The molecule has 2 atom stereocenters. The summed E-state index contributed by atoms with van der Waals surface area (Å²) in [4.78, 5) is 16.2. The maximum atomic E-state index is 12.2. The number of nitrogens with zero attached hydrogens (tertiary/aromatic N) is 1. The van der Waals surface area contributed by atoms with E-state index in [1.54, 1.807) is 12.4 Å². The van der Waals surface area contributed by atoms with E-state index >= 15 is 0 Å². The maximum Gasteiger partial charge on any atom is 0.315 e. The third-order valence-corrected chi connectivity index (χ3v) is 4.21. The molecule has 0 unspecified atom stereocenters. The lowest BCUT2D eigenvalue weighted by molar-refractivity contribution is 0.233. The second-order valence-electron chi connectivity index (χ2n) is 6.05. The number of amides is 2. The largest absolute Gasteiger partial charge is 0.334 e. The number of carbonyl (C=O) groups is 1. The van der Waals surface area contributed by atoms with Gasteiger partial charge in [-0.25, -0.2) is 4.79 Å². The molecule has 0 spiro atoms. The molecule has 3 rings (SSSR count). The number of aromatic nitrogens is 1. The SMILES string of the molecule is Cc1ccc2c(c1)[C@H](NC(=O)NCc1cccnc1)[C@H](C)C2. The average molecular weight is 295 g/mol. The Labute approximate surface area is 131 Å². The number of pyridine rings is 1. The molecule has 2 N–H and O–H groups in total. The van der Waals surface area contributed by atoms with Crippen molar-refractivity contribution in [3.8, 4) is 0 Å². The molecule has 0 fully saturated rings. The van der Waals surface area contributed by atoms with Crippen LogP contribution >= 0.6 is 0 Å². The molecule has 0 bridgehead atoms. The van der Waals surface area contributed by atoms with Crippen LogP contribution in [0.2, 0.25) is 0 Å². The number of aryl methyl sites for hydroxylation is 1. The molecule has 0 saturated carbocycles. The lowest BCUT2D eigenvalue weighted by atomic mass is 10.0. The van der Waals surface area contributed by atoms with Gasteiger partial charge in [0, 0.05) is 18.9 Å². The summed E-state index contributed by atoms with van der Waals surface area (Å²) in [6.07, 6.45) is 4.50. The fourth-order valence-electron chi connectivity index (χ4n) is 3.06. The highest BCUT2D eigenvalue weighted by Crippen LogP contribution is 2.36. The van der Waals surface area contributed by atoms with Crippen molar-refractivity contribution in [3.63, 3.8) is 0 Å². The zero-order chi connectivity index (χ0) is 15.5. The van der Waals surface area contributed by atoms with Crippen molar-refractivity contribution in [2.45, 2.75) is 32.9 Å². The van der Waals surface area contributed by atoms with Crippen molar-refractivity contribution >= 4 is 6.03 Å². The molecule has 1 heterocycles. The smallest absolute Gasteiger partial charge is 0.315 e. The molecule has 0 radical (unpaired) electrons. The Balaban J connectivity index is 1.63. The normalized spacial score (nSPS) is 19.5. The van der Waals surface area contributed by atoms with Crippen molar-refractivity contribution in [1.29, 1.82) is 0 Å². The lowest BCUT2D eigenvalue weighted by Gasteiger charge is -2.19. The van der Waals surface area contributed by atoms with Gasteiger partial charge in [0.15, 0.2) is 0 Å². The van der Waals surface area contributed by atoms with E-state index in [1.807, 2.05) is 12.1 Å². The maximum absolute atomic E-state index is 12.2. The predicted molar refractivity (Wildman–Crippen MR) is 86.4 cm³/mol. The van der Waals surface area contributed by atoms with E-state index in [0.717, 1.165) is 12.0 Å². The number of fused-ring (bicyclic) bond motifs is 1. The highest BCUT2D eigenvalue weighted by Gasteiger charge is 2.30. The summed E-state index contributed by atoms with van der Waals surface area (Å²) in [7, 11) is 0. The van der Waals surface area contributed by atoms with Gasteiger partial charge in [0.1, 0.15) is 0 Å². The number of hydrogen-bond acceptors (Lipinski definition) is 2. The minimum absolute atomic E-state index is 0.0869. The zero-order valence-corrected chi connectivity index (χ0v) is 13.0. The molecule has 4 nitrogen and oxygen atoms in total. The Morgan fingerprint density at radius 2 is 2.23 bits per heavy atom. The van der Waals surface area contributed by atoms with E-state index in [4.69, 9.17) is 0 Å². The van der Waals surface area contributed by atoms with Gasteiger partial charge in [0.25, 0.3) is 0 Å². The topological polar surface area (TPSA) is 54.0 Å². The minimum atomic E-state index is -0.130. The fourth-order valence-corrected chi connectivity index (χ4v) is 3.06. The van der Waals surface area contributed by atoms with Gasteiger partial charge >= 0.3 is 6.03 Å². The number of hydrogen-bond donors (Lipinski definition) is 2. The number of rotatable bonds is 3. The summed E-state index contributed by atoms with van der Waals surface area (Å²) >= 11 is 0. The Kier molecular flexibility index (Phi) is 4.09. The number of nitrogens with one attached hydrogen (secondary N) is 2. The summed E-state index contributed by atoms with van der Waals surface area (Å²) in [5, 5.41) is 6.01. The van der Waals surface area contributed by atoms with Crippen LogP contribution in [-0.2, 0) is 13.0 Å². The van der Waals surface area contributed by atoms with Crippen molar-refractivity contribution in [3.05, 3.63) is 65.0 Å². The quantitative estimate of drug-likeness (QED) is 0.914. The average Bonchev–Trinajstić information content (AvgIpc) is 2.82. The molecule has 1 aliphatic rings. The van der Waals surface area contributed by atoms with E-state index in [9.17, 15) is 4.79 Å². The molecular formula is C18H21N3O. The first kappa shape index (κ1) is 14.6. The summed E-state index contributed by atoms with van der Waals surface area (Å²) in [6.45, 7) is 4.76. The van der Waals surface area contributed by atoms with Gasteiger partial charge in [0.05, 0.1) is 6.04 Å². The summed E-state index contributed by atoms with van der Waals surface area (Å²) < 4.78 is 0. The van der Waals surface area contributed by atoms with E-state index in [-0.39, 0.29) is 12.1 Å². The molecule has 1 aromatic heterocycles. The van der Waals surface area contributed by atoms with E-state index in [1.165, 1.54) is 16.7 Å². The molecule has 1 aliphatic carbocycles. The fraction of sp³-hybridized carbons (Fsp3) is 0.333. The first-order valence-electron chi connectivity index (χ1n) is 7.66. The van der Waals surface area contributed by atoms with Crippen LogP contribution in [0.3, 0.4) is 0 Å². The summed E-state index contributed by atoms with van der Waals surface area (Å²) in [5.74, 6) is 0.418. The number of benzene rings is 1. The van der Waals surface area contributed by atoms with Gasteiger partial charge in [-0.2, -0.15) is 0 Å². The van der Waals surface area contributed by atoms with Crippen molar-refractivity contribution in [2.24, 2.45) is 5.92 Å². The predicted octanol–water partition coefficient (Wildman–Crippen LogP) is 3.12. The number of carbonyl (C=O) groups excluding carboxylic acids is 1. The Morgan fingerprint density at radius 3 is 3.00 bits per heavy atom. The van der Waals surface area contributed by atoms with Gasteiger partial charge in [-0.1, -0.05) is 36.8 Å². The monoisotopic (exact) mass is 295 g/mol. The Hall–Kier alpha value is -2.36. The van der Waals surface area contributed by atoms with Crippen molar-refractivity contribution in [1.82, 2.24) is 15.6 Å². The molecule has 1 aromatic carbocycles. The molecule has 4 heteroatoms. The third-order valence-electron chi connectivity index (χ3n) is 4.21. The number of urea groups is 1. The van der Waals surface area contributed by atoms with Crippen LogP contribution in [0.4, 0.5) is 4.79 Å². The van der Waals surface area contributed by atoms with Crippen molar-refractivity contribution < 1.29 is 4.79 Å². The third kappa shape index (κ3) is 3.11. The molecule has 0 saturated heterocycles. The minimum Gasteiger partial charge on any atom is -0.334 e. The van der Waals surface area contributed by atoms with E-state index in [2.05, 4.69) is 47.7 Å². The van der Waals surface area contributed by atoms with E-state index < -0.39 is 0 Å². The molecular weight excluding hydrogens is 274 g/mol. The second-order valence-corrected chi connectivity index (χ2v) is 6.05. The van der Waals surface area contributed by atoms with Crippen LogP contribution in [-0.4, -0.2) is 11.0 Å². The first-order valence-corrected chi connectivity index (χ1v) is 7.66. The van der Waals surface area contributed by atoms with Crippen molar-refractivity contribution in [2.75, 3.05) is 0 Å². The van der Waals surface area contributed by atoms with Crippen LogP contribution in [0.1, 0.15) is 35.2 Å². The second kappa shape index (κ2) is 6.18. The zero-order valence-electron chi connectivity index (χ0n) is 13.0. The van der Waals surface area contributed by atoms with Crippen LogP contribution in [0.5, 0.6) is 0 Å². The van der Waals surface area contributed by atoms with Crippen LogP contribution in [0.25, 0.3) is 0 Å².